The lowest BCUT2D eigenvalue weighted by atomic mass is 10.1. The second-order valence-corrected chi connectivity index (χ2v) is 4.70. The van der Waals surface area contributed by atoms with Crippen LogP contribution < -0.4 is 10.6 Å². The van der Waals surface area contributed by atoms with Crippen LogP contribution in [-0.4, -0.2) is 6.03 Å². The van der Waals surface area contributed by atoms with Crippen LogP contribution in [0.25, 0.3) is 6.08 Å². The molecule has 0 fully saturated rings. The van der Waals surface area contributed by atoms with Crippen molar-refractivity contribution >= 4 is 17.8 Å². The second kappa shape index (κ2) is 6.70. The number of amides is 2. The summed E-state index contributed by atoms with van der Waals surface area (Å²) in [5, 5.41) is 5.31. The molecule has 0 aliphatic heterocycles. The Hall–Kier alpha value is -2.62. The van der Waals surface area contributed by atoms with Crippen molar-refractivity contribution in [3.8, 4) is 0 Å². The molecule has 0 spiro atoms. The van der Waals surface area contributed by atoms with Gasteiger partial charge in [0.15, 0.2) is 0 Å². The molecule has 2 N–H and O–H groups in total. The zero-order valence-electron chi connectivity index (χ0n) is 12.0. The molecule has 0 aliphatic carbocycles. The minimum absolute atomic E-state index is 0.328. The molecule has 0 aromatic heterocycles. The number of aryl methyl sites for hydroxylation is 1. The van der Waals surface area contributed by atoms with E-state index in [4.69, 9.17) is 0 Å². The maximum atomic E-state index is 13.4. The molecule has 2 rings (SSSR count). The van der Waals surface area contributed by atoms with E-state index < -0.39 is 0 Å². The lowest BCUT2D eigenvalue weighted by molar-refractivity contribution is 0.255. The molecule has 2 aromatic carbocycles. The van der Waals surface area contributed by atoms with Gasteiger partial charge >= 0.3 is 6.03 Å². The smallest absolute Gasteiger partial charge is 0.314 e. The normalized spacial score (nSPS) is 10.6. The maximum Gasteiger partial charge on any atom is 0.323 e. The number of benzene rings is 2. The zero-order valence-corrected chi connectivity index (χ0v) is 12.0. The lowest BCUT2D eigenvalue weighted by Gasteiger charge is -2.09. The first-order valence-corrected chi connectivity index (χ1v) is 6.63. The Morgan fingerprint density at radius 3 is 2.62 bits per heavy atom. The van der Waals surface area contributed by atoms with Crippen molar-refractivity contribution in [2.45, 2.75) is 13.8 Å². The average molecular weight is 284 g/mol. The Bertz CT molecular complexity index is 680. The van der Waals surface area contributed by atoms with Gasteiger partial charge in [-0.3, -0.25) is 0 Å². The van der Waals surface area contributed by atoms with Crippen molar-refractivity contribution in [1.82, 2.24) is 5.32 Å². The van der Waals surface area contributed by atoms with Crippen LogP contribution in [-0.2, 0) is 0 Å². The van der Waals surface area contributed by atoms with Gasteiger partial charge < -0.3 is 10.6 Å². The molecule has 0 saturated carbocycles. The summed E-state index contributed by atoms with van der Waals surface area (Å²) in [5.41, 5.74) is 3.30. The quantitative estimate of drug-likeness (QED) is 0.870. The monoisotopic (exact) mass is 284 g/mol. The number of hydrogen-bond donors (Lipinski definition) is 2. The van der Waals surface area contributed by atoms with Crippen LogP contribution in [0, 0.1) is 19.7 Å². The molecule has 4 heteroatoms. The SMILES string of the molecule is Cc1cccc(NC(=O)N/C=C/c2ccccc2F)c1C. The third kappa shape index (κ3) is 3.92. The van der Waals surface area contributed by atoms with Crippen LogP contribution in [0.4, 0.5) is 14.9 Å². The molecule has 0 bridgehead atoms. The van der Waals surface area contributed by atoms with Crippen molar-refractivity contribution in [3.05, 3.63) is 71.2 Å². The van der Waals surface area contributed by atoms with E-state index in [0.717, 1.165) is 16.8 Å². The van der Waals surface area contributed by atoms with Crippen molar-refractivity contribution in [2.24, 2.45) is 0 Å². The molecule has 0 radical (unpaired) electrons. The van der Waals surface area contributed by atoms with E-state index in [9.17, 15) is 9.18 Å². The highest BCUT2D eigenvalue weighted by atomic mass is 19.1. The predicted molar refractivity (Wildman–Crippen MR) is 83.5 cm³/mol. The van der Waals surface area contributed by atoms with E-state index in [2.05, 4.69) is 10.6 Å². The van der Waals surface area contributed by atoms with E-state index in [-0.39, 0.29) is 11.8 Å². The Kier molecular flexibility index (Phi) is 4.72. The van der Waals surface area contributed by atoms with Crippen LogP contribution in [0.15, 0.2) is 48.7 Å². The number of carbonyl (C=O) groups is 1. The lowest BCUT2D eigenvalue weighted by Crippen LogP contribution is -2.24. The van der Waals surface area contributed by atoms with Crippen LogP contribution in [0.1, 0.15) is 16.7 Å². The molecule has 0 saturated heterocycles. The summed E-state index contributed by atoms with van der Waals surface area (Å²) in [5.74, 6) is -0.328. The number of nitrogens with one attached hydrogen (secondary N) is 2. The molecule has 0 unspecified atom stereocenters. The maximum absolute atomic E-state index is 13.4. The Morgan fingerprint density at radius 2 is 1.86 bits per heavy atom. The molecule has 0 aliphatic rings. The molecule has 0 heterocycles. The fraction of sp³-hybridized carbons (Fsp3) is 0.118. The van der Waals surface area contributed by atoms with Crippen molar-refractivity contribution in [3.63, 3.8) is 0 Å². The third-order valence-electron chi connectivity index (χ3n) is 3.24. The summed E-state index contributed by atoms with van der Waals surface area (Å²) in [6.45, 7) is 3.93. The first kappa shape index (κ1) is 14.8. The second-order valence-electron chi connectivity index (χ2n) is 4.70. The number of carbonyl (C=O) groups excluding carboxylic acids is 1. The van der Waals surface area contributed by atoms with Gasteiger partial charge in [-0.25, -0.2) is 9.18 Å². The molecule has 2 amide bonds. The number of halogens is 1. The summed E-state index contributed by atoms with van der Waals surface area (Å²) in [6.07, 6.45) is 2.93. The van der Waals surface area contributed by atoms with Gasteiger partial charge in [-0.05, 0) is 43.2 Å². The largest absolute Gasteiger partial charge is 0.323 e. The standard InChI is InChI=1S/C17H17FN2O/c1-12-6-5-9-16(13(12)2)20-17(21)19-11-10-14-7-3-4-8-15(14)18/h3-11H,1-2H3,(H2,19,20,21)/b11-10+. The van der Waals surface area contributed by atoms with Crippen molar-refractivity contribution in [1.29, 1.82) is 0 Å². The van der Waals surface area contributed by atoms with E-state index in [1.165, 1.54) is 18.3 Å². The molecule has 21 heavy (non-hydrogen) atoms. The van der Waals surface area contributed by atoms with E-state index >= 15 is 0 Å². The number of rotatable bonds is 3. The summed E-state index contributed by atoms with van der Waals surface area (Å²) >= 11 is 0. The van der Waals surface area contributed by atoms with Crippen LogP contribution in [0.5, 0.6) is 0 Å². The Labute approximate surface area is 123 Å². The highest BCUT2D eigenvalue weighted by molar-refractivity contribution is 5.91. The molecule has 2 aromatic rings. The van der Waals surface area contributed by atoms with Gasteiger partial charge in [-0.15, -0.1) is 0 Å². The number of anilines is 1. The van der Waals surface area contributed by atoms with Gasteiger partial charge in [0, 0.05) is 17.5 Å². The zero-order chi connectivity index (χ0) is 15.2. The highest BCUT2D eigenvalue weighted by Gasteiger charge is 2.04. The summed E-state index contributed by atoms with van der Waals surface area (Å²) in [4.78, 5) is 11.8. The minimum Gasteiger partial charge on any atom is -0.314 e. The van der Waals surface area contributed by atoms with Gasteiger partial charge in [0.05, 0.1) is 0 Å². The third-order valence-corrected chi connectivity index (χ3v) is 3.24. The Morgan fingerprint density at radius 1 is 1.10 bits per heavy atom. The average Bonchev–Trinajstić information content (AvgIpc) is 2.46. The summed E-state index contributed by atoms with van der Waals surface area (Å²) in [6, 6.07) is 11.7. The fourth-order valence-electron chi connectivity index (χ4n) is 1.86. The van der Waals surface area contributed by atoms with Crippen molar-refractivity contribution in [2.75, 3.05) is 5.32 Å². The van der Waals surface area contributed by atoms with Crippen LogP contribution in [0.2, 0.25) is 0 Å². The van der Waals surface area contributed by atoms with E-state index in [0.29, 0.717) is 5.56 Å². The summed E-state index contributed by atoms with van der Waals surface area (Å²) < 4.78 is 13.4. The predicted octanol–water partition coefficient (Wildman–Crippen LogP) is 4.23. The van der Waals surface area contributed by atoms with Gasteiger partial charge in [0.2, 0.25) is 0 Å². The molecule has 3 nitrogen and oxygen atoms in total. The van der Waals surface area contributed by atoms with E-state index in [1.54, 1.807) is 18.2 Å². The van der Waals surface area contributed by atoms with Crippen molar-refractivity contribution < 1.29 is 9.18 Å². The summed E-state index contributed by atoms with van der Waals surface area (Å²) in [7, 11) is 0. The number of urea groups is 1. The molecule has 0 atom stereocenters. The van der Waals surface area contributed by atoms with Crippen LogP contribution in [0.3, 0.4) is 0 Å². The topological polar surface area (TPSA) is 41.1 Å². The van der Waals surface area contributed by atoms with E-state index in [1.807, 2.05) is 32.0 Å². The number of hydrogen-bond acceptors (Lipinski definition) is 1. The van der Waals surface area contributed by atoms with Gasteiger partial charge in [0.1, 0.15) is 5.82 Å². The molecular formula is C17H17FN2O. The fourth-order valence-corrected chi connectivity index (χ4v) is 1.86. The molecule has 108 valence electrons. The Balaban J connectivity index is 1.97. The van der Waals surface area contributed by atoms with Gasteiger partial charge in [-0.2, -0.15) is 0 Å². The highest BCUT2D eigenvalue weighted by Crippen LogP contribution is 2.17. The minimum atomic E-state index is -0.365. The molecular weight excluding hydrogens is 267 g/mol. The first-order chi connectivity index (χ1) is 10.1. The van der Waals surface area contributed by atoms with Crippen LogP contribution >= 0.6 is 0 Å². The van der Waals surface area contributed by atoms with Gasteiger partial charge in [0.25, 0.3) is 0 Å². The van der Waals surface area contributed by atoms with Gasteiger partial charge in [-0.1, -0.05) is 30.3 Å². The first-order valence-electron chi connectivity index (χ1n) is 6.63.